The van der Waals surface area contributed by atoms with Gasteiger partial charge in [0.25, 0.3) is 0 Å². The fourth-order valence-corrected chi connectivity index (χ4v) is 4.20. The van der Waals surface area contributed by atoms with Gasteiger partial charge in [-0.15, -0.1) is 13.2 Å². The normalized spacial score (nSPS) is 12.2. The Morgan fingerprint density at radius 1 is 1.00 bits per heavy atom. The first-order valence-corrected chi connectivity index (χ1v) is 12.1. The first kappa shape index (κ1) is 30.7. The van der Waals surface area contributed by atoms with Crippen molar-refractivity contribution < 1.29 is 66.8 Å². The Morgan fingerprint density at radius 3 is 2.28 bits per heavy atom. The van der Waals surface area contributed by atoms with Gasteiger partial charge in [0, 0.05) is 23.0 Å². The quantitative estimate of drug-likeness (QED) is 0.289. The molecule has 1 unspecified atom stereocenters. The van der Waals surface area contributed by atoms with E-state index in [-0.39, 0.29) is 47.8 Å². The molecule has 3 aromatic carbocycles. The molecule has 0 radical (unpaired) electrons. The van der Waals surface area contributed by atoms with Crippen LogP contribution in [0.4, 0.5) is 13.2 Å². The summed E-state index contributed by atoms with van der Waals surface area (Å²) in [5.41, 5.74) is 1.83. The number of carbonyl (C=O) groups excluding carboxylic acids is 1. The van der Waals surface area contributed by atoms with Crippen molar-refractivity contribution in [3.8, 4) is 23.0 Å². The topological polar surface area (TPSA) is 72.8 Å². The second kappa shape index (κ2) is 12.6. The van der Waals surface area contributed by atoms with E-state index < -0.39 is 18.4 Å². The number of nitrogens with zero attached hydrogens (tertiary/aromatic N) is 1. The van der Waals surface area contributed by atoms with Crippen LogP contribution >= 0.6 is 11.6 Å². The Balaban J connectivity index is 0.00000420. The SMILES string of the molecule is Cc1c(Oc2ccc(Cl)cc2)c2ccc(OC(F)(F)F)cc2n1Cc1cccc(OC(C(=O)[O-])C(C)C)c1.[Na+]. The molecule has 39 heavy (non-hydrogen) atoms. The zero-order valence-electron chi connectivity index (χ0n) is 21.7. The van der Waals surface area contributed by atoms with Gasteiger partial charge in [0.2, 0.25) is 0 Å². The molecule has 4 aromatic rings. The largest absolute Gasteiger partial charge is 1.00 e. The predicted octanol–water partition coefficient (Wildman–Crippen LogP) is 3.50. The number of aromatic nitrogens is 1. The van der Waals surface area contributed by atoms with Gasteiger partial charge in [-0.1, -0.05) is 37.6 Å². The van der Waals surface area contributed by atoms with E-state index in [4.69, 9.17) is 21.1 Å². The molecule has 4 rings (SSSR count). The van der Waals surface area contributed by atoms with Gasteiger partial charge in [-0.2, -0.15) is 0 Å². The number of halogens is 4. The third kappa shape index (κ3) is 7.63. The Hall–Kier alpha value is -2.85. The zero-order valence-corrected chi connectivity index (χ0v) is 24.5. The molecule has 0 aliphatic heterocycles. The number of aliphatic carboxylic acids is 1. The molecule has 1 aromatic heterocycles. The summed E-state index contributed by atoms with van der Waals surface area (Å²) in [7, 11) is 0. The van der Waals surface area contributed by atoms with Crippen LogP contribution in [0.5, 0.6) is 23.0 Å². The van der Waals surface area contributed by atoms with E-state index >= 15 is 0 Å². The van der Waals surface area contributed by atoms with Gasteiger partial charge in [-0.3, -0.25) is 0 Å². The summed E-state index contributed by atoms with van der Waals surface area (Å²) in [4.78, 5) is 11.5. The van der Waals surface area contributed by atoms with Crippen molar-refractivity contribution in [1.82, 2.24) is 4.57 Å². The third-order valence-electron chi connectivity index (χ3n) is 5.85. The van der Waals surface area contributed by atoms with E-state index in [1.54, 1.807) is 73.9 Å². The van der Waals surface area contributed by atoms with Crippen LogP contribution in [-0.2, 0) is 11.3 Å². The van der Waals surface area contributed by atoms with Gasteiger partial charge in [0.15, 0.2) is 5.75 Å². The molecule has 0 N–H and O–H groups in total. The summed E-state index contributed by atoms with van der Waals surface area (Å²) < 4.78 is 56.5. The minimum atomic E-state index is -4.85. The van der Waals surface area contributed by atoms with Crippen LogP contribution in [0.3, 0.4) is 0 Å². The molecule has 11 heteroatoms. The molecule has 1 atom stereocenters. The molecule has 1 heterocycles. The maximum absolute atomic E-state index is 12.9. The smallest absolute Gasteiger partial charge is 0.546 e. The number of rotatable bonds is 9. The first-order chi connectivity index (χ1) is 17.9. The summed E-state index contributed by atoms with van der Waals surface area (Å²) in [6, 6.07) is 17.6. The molecule has 0 amide bonds. The van der Waals surface area contributed by atoms with Crippen LogP contribution in [0.1, 0.15) is 25.1 Å². The summed E-state index contributed by atoms with van der Waals surface area (Å²) in [5.74, 6) is -0.710. The van der Waals surface area contributed by atoms with Crippen LogP contribution in [0.25, 0.3) is 10.9 Å². The Labute approximate surface area is 250 Å². The molecule has 0 fully saturated rings. The average molecular weight is 570 g/mol. The Kier molecular flexibility index (Phi) is 9.88. The van der Waals surface area contributed by atoms with E-state index in [1.807, 2.05) is 0 Å². The van der Waals surface area contributed by atoms with Crippen LogP contribution < -0.4 is 48.9 Å². The number of alkyl halides is 3. The summed E-state index contributed by atoms with van der Waals surface area (Å²) in [6.45, 7) is 5.45. The molecule has 200 valence electrons. The minimum Gasteiger partial charge on any atom is -0.546 e. The zero-order chi connectivity index (χ0) is 27.6. The number of benzene rings is 3. The fourth-order valence-electron chi connectivity index (χ4n) is 4.08. The molecule has 0 saturated carbocycles. The van der Waals surface area contributed by atoms with E-state index in [0.717, 1.165) is 5.56 Å². The maximum Gasteiger partial charge on any atom is 1.00 e. The molecular weight excluding hydrogens is 546 g/mol. The number of ether oxygens (including phenoxy) is 3. The van der Waals surface area contributed by atoms with Crippen molar-refractivity contribution in [3.63, 3.8) is 0 Å². The number of carboxylic acids is 1. The number of hydrogen-bond donors (Lipinski definition) is 0. The van der Waals surface area contributed by atoms with Crippen molar-refractivity contribution in [2.75, 3.05) is 0 Å². The molecule has 0 bridgehead atoms. The van der Waals surface area contributed by atoms with E-state index in [0.29, 0.717) is 38.9 Å². The van der Waals surface area contributed by atoms with Crippen molar-refractivity contribution in [3.05, 3.63) is 83.0 Å². The van der Waals surface area contributed by atoms with E-state index in [2.05, 4.69) is 4.74 Å². The van der Waals surface area contributed by atoms with Crippen LogP contribution in [0.2, 0.25) is 5.02 Å². The molecule has 0 saturated heterocycles. The van der Waals surface area contributed by atoms with Crippen LogP contribution in [0, 0.1) is 12.8 Å². The average Bonchev–Trinajstić information content (AvgIpc) is 3.08. The van der Waals surface area contributed by atoms with Crippen molar-refractivity contribution >= 4 is 28.5 Å². The van der Waals surface area contributed by atoms with Gasteiger partial charge in [0.05, 0.1) is 17.2 Å². The number of carboxylic acid groups (broad SMARTS) is 1. The second-order valence-electron chi connectivity index (χ2n) is 9.03. The fraction of sp³-hybridized carbons (Fsp3) is 0.250. The van der Waals surface area contributed by atoms with Crippen LogP contribution in [-0.4, -0.2) is 23.0 Å². The molecule has 0 aliphatic carbocycles. The van der Waals surface area contributed by atoms with E-state index in [1.165, 1.54) is 18.2 Å². The summed E-state index contributed by atoms with van der Waals surface area (Å²) in [6.07, 6.45) is -5.98. The standard InChI is InChI=1S/C28H25ClF3NO5.Na/c1-16(2)25(27(34)35)37-21-6-4-5-18(13-21)15-33-17(3)26(36-20-9-7-19(29)8-10-20)23-12-11-22(14-24(23)33)38-28(30,31)32;/h4-14,16,25H,15H2,1-3H3,(H,34,35);/q;+1/p-1. The van der Waals surface area contributed by atoms with Gasteiger partial charge < -0.3 is 28.7 Å². The number of carbonyl (C=O) groups is 1. The van der Waals surface area contributed by atoms with Crippen molar-refractivity contribution in [2.24, 2.45) is 5.92 Å². The summed E-state index contributed by atoms with van der Waals surface area (Å²) in [5, 5.41) is 12.6. The maximum atomic E-state index is 12.9. The number of fused-ring (bicyclic) bond motifs is 1. The van der Waals surface area contributed by atoms with Gasteiger partial charge in [-0.25, -0.2) is 0 Å². The number of hydrogen-bond acceptors (Lipinski definition) is 5. The predicted molar refractivity (Wildman–Crippen MR) is 135 cm³/mol. The monoisotopic (exact) mass is 569 g/mol. The summed E-state index contributed by atoms with van der Waals surface area (Å²) >= 11 is 5.97. The molecular formula is C28H24ClF3NNaO5. The second-order valence-corrected chi connectivity index (χ2v) is 9.47. The van der Waals surface area contributed by atoms with Crippen molar-refractivity contribution in [2.45, 2.75) is 39.8 Å². The molecule has 0 aliphatic rings. The van der Waals surface area contributed by atoms with Gasteiger partial charge in [-0.05, 0) is 66.9 Å². The van der Waals surface area contributed by atoms with Crippen LogP contribution in [0.15, 0.2) is 66.7 Å². The molecule has 6 nitrogen and oxygen atoms in total. The van der Waals surface area contributed by atoms with Crippen molar-refractivity contribution in [1.29, 1.82) is 0 Å². The van der Waals surface area contributed by atoms with E-state index in [9.17, 15) is 23.1 Å². The Morgan fingerprint density at radius 2 is 1.67 bits per heavy atom. The van der Waals surface area contributed by atoms with Gasteiger partial charge in [0.1, 0.15) is 23.4 Å². The third-order valence-corrected chi connectivity index (χ3v) is 6.10. The first-order valence-electron chi connectivity index (χ1n) is 11.7. The van der Waals surface area contributed by atoms with Gasteiger partial charge >= 0.3 is 35.9 Å². The minimum absolute atomic E-state index is 0. The molecule has 0 spiro atoms. The Bertz CT molecular complexity index is 1450.